The lowest BCUT2D eigenvalue weighted by Gasteiger charge is -2.23. The number of alkyl carbamates (subject to hydrolysis) is 1. The first-order valence-corrected chi connectivity index (χ1v) is 6.55. The molecule has 1 amide bonds. The Bertz CT molecular complexity index is 442. The van der Waals surface area contributed by atoms with Crippen molar-refractivity contribution >= 4 is 12.1 Å². The summed E-state index contributed by atoms with van der Waals surface area (Å²) in [5, 5.41) is 11.3. The molecule has 0 fully saturated rings. The van der Waals surface area contributed by atoms with Gasteiger partial charge in [0, 0.05) is 13.0 Å². The number of carbonyl (C=O) groups is 2. The molecular weight excluding hydrogens is 258 g/mol. The maximum Gasteiger partial charge on any atom is 0.407 e. The van der Waals surface area contributed by atoms with Crippen molar-refractivity contribution in [2.24, 2.45) is 5.41 Å². The van der Waals surface area contributed by atoms with Crippen molar-refractivity contribution in [3.8, 4) is 0 Å². The van der Waals surface area contributed by atoms with Gasteiger partial charge >= 0.3 is 12.1 Å². The third kappa shape index (κ3) is 6.78. The van der Waals surface area contributed by atoms with Gasteiger partial charge in [0.2, 0.25) is 0 Å². The Morgan fingerprint density at radius 3 is 2.50 bits per heavy atom. The molecule has 0 heterocycles. The predicted molar refractivity (Wildman–Crippen MR) is 75.3 cm³/mol. The number of hydrogen-bond donors (Lipinski definition) is 2. The van der Waals surface area contributed by atoms with Crippen LogP contribution >= 0.6 is 0 Å². The molecule has 0 bridgehead atoms. The number of carboxylic acid groups (broad SMARTS) is 1. The lowest BCUT2D eigenvalue weighted by molar-refractivity contribution is -0.137. The molecule has 0 aliphatic rings. The summed E-state index contributed by atoms with van der Waals surface area (Å²) in [4.78, 5) is 22.1. The van der Waals surface area contributed by atoms with Crippen molar-refractivity contribution in [2.45, 2.75) is 33.3 Å². The summed E-state index contributed by atoms with van der Waals surface area (Å²) >= 11 is 0. The maximum atomic E-state index is 11.6. The van der Waals surface area contributed by atoms with Crippen LogP contribution in [0.5, 0.6) is 0 Å². The highest BCUT2D eigenvalue weighted by molar-refractivity contribution is 5.67. The highest BCUT2D eigenvalue weighted by Crippen LogP contribution is 2.21. The van der Waals surface area contributed by atoms with E-state index < -0.39 is 12.1 Å². The molecule has 0 saturated heterocycles. The molecule has 0 aliphatic carbocycles. The molecule has 0 radical (unpaired) electrons. The molecule has 0 aliphatic heterocycles. The number of amides is 1. The van der Waals surface area contributed by atoms with Crippen LogP contribution in [0.4, 0.5) is 4.79 Å². The third-order valence-electron chi connectivity index (χ3n) is 2.94. The Labute approximate surface area is 118 Å². The van der Waals surface area contributed by atoms with Crippen LogP contribution in [-0.2, 0) is 16.1 Å². The summed E-state index contributed by atoms with van der Waals surface area (Å²) in [6.45, 7) is 4.43. The van der Waals surface area contributed by atoms with Gasteiger partial charge in [-0.25, -0.2) is 4.79 Å². The molecule has 0 atom stereocenters. The number of rotatable bonds is 7. The Morgan fingerprint density at radius 2 is 1.90 bits per heavy atom. The summed E-state index contributed by atoms with van der Waals surface area (Å²) < 4.78 is 5.08. The highest BCUT2D eigenvalue weighted by Gasteiger charge is 2.20. The normalized spacial score (nSPS) is 10.9. The van der Waals surface area contributed by atoms with E-state index in [1.807, 2.05) is 44.2 Å². The van der Waals surface area contributed by atoms with Crippen molar-refractivity contribution in [1.82, 2.24) is 5.32 Å². The number of benzene rings is 1. The first-order valence-electron chi connectivity index (χ1n) is 6.55. The van der Waals surface area contributed by atoms with Crippen LogP contribution in [0.25, 0.3) is 0 Å². The van der Waals surface area contributed by atoms with Gasteiger partial charge in [0.15, 0.2) is 0 Å². The summed E-state index contributed by atoms with van der Waals surface area (Å²) in [6.07, 6.45) is 0.104. The number of carbonyl (C=O) groups excluding carboxylic acids is 1. The average molecular weight is 279 g/mol. The fraction of sp³-hybridized carbons (Fsp3) is 0.467. The fourth-order valence-corrected chi connectivity index (χ4v) is 1.62. The lowest BCUT2D eigenvalue weighted by atomic mass is 9.88. The Kier molecular flexibility index (Phi) is 6.03. The van der Waals surface area contributed by atoms with E-state index in [1.165, 1.54) is 0 Å². The molecule has 0 spiro atoms. The maximum absolute atomic E-state index is 11.6. The lowest BCUT2D eigenvalue weighted by Crippen LogP contribution is -2.34. The second kappa shape index (κ2) is 7.53. The molecule has 5 heteroatoms. The Balaban J connectivity index is 2.27. The molecule has 20 heavy (non-hydrogen) atoms. The van der Waals surface area contributed by atoms with Crippen LogP contribution in [0.3, 0.4) is 0 Å². The van der Waals surface area contributed by atoms with Crippen molar-refractivity contribution < 1.29 is 19.4 Å². The monoisotopic (exact) mass is 279 g/mol. The van der Waals surface area contributed by atoms with E-state index in [4.69, 9.17) is 9.84 Å². The second-order valence-corrected chi connectivity index (χ2v) is 5.47. The molecule has 5 nitrogen and oxygen atoms in total. The largest absolute Gasteiger partial charge is 0.481 e. The topological polar surface area (TPSA) is 75.6 Å². The standard InChI is InChI=1S/C15H21NO4/c1-15(2,9-8-13(17)18)11-16-14(19)20-10-12-6-4-3-5-7-12/h3-7H,8-11H2,1-2H3,(H,16,19)(H,17,18). The van der Waals surface area contributed by atoms with E-state index in [0.29, 0.717) is 13.0 Å². The van der Waals surface area contributed by atoms with E-state index in [9.17, 15) is 9.59 Å². The number of carboxylic acids is 1. The van der Waals surface area contributed by atoms with Gasteiger partial charge in [-0.3, -0.25) is 4.79 Å². The van der Waals surface area contributed by atoms with Gasteiger partial charge < -0.3 is 15.2 Å². The summed E-state index contributed by atoms with van der Waals surface area (Å²) in [6, 6.07) is 9.42. The molecule has 1 rings (SSSR count). The van der Waals surface area contributed by atoms with Gasteiger partial charge in [-0.2, -0.15) is 0 Å². The second-order valence-electron chi connectivity index (χ2n) is 5.47. The zero-order valence-corrected chi connectivity index (χ0v) is 11.9. The van der Waals surface area contributed by atoms with E-state index in [-0.39, 0.29) is 18.4 Å². The minimum atomic E-state index is -0.829. The first-order chi connectivity index (χ1) is 9.39. The fourth-order valence-electron chi connectivity index (χ4n) is 1.62. The number of hydrogen-bond acceptors (Lipinski definition) is 3. The van der Waals surface area contributed by atoms with E-state index in [0.717, 1.165) is 5.56 Å². The molecule has 110 valence electrons. The molecule has 1 aromatic rings. The van der Waals surface area contributed by atoms with E-state index in [2.05, 4.69) is 5.32 Å². The van der Waals surface area contributed by atoms with Crippen LogP contribution < -0.4 is 5.32 Å². The molecule has 0 saturated carbocycles. The van der Waals surface area contributed by atoms with Crippen molar-refractivity contribution in [1.29, 1.82) is 0 Å². The smallest absolute Gasteiger partial charge is 0.407 e. The minimum absolute atomic E-state index is 0.0910. The van der Waals surface area contributed by atoms with Crippen LogP contribution in [0.1, 0.15) is 32.3 Å². The minimum Gasteiger partial charge on any atom is -0.481 e. The van der Waals surface area contributed by atoms with Crippen LogP contribution in [-0.4, -0.2) is 23.7 Å². The zero-order valence-electron chi connectivity index (χ0n) is 11.9. The molecule has 0 unspecified atom stereocenters. The number of aliphatic carboxylic acids is 1. The molecular formula is C15H21NO4. The Hall–Kier alpha value is -2.04. The molecule has 1 aromatic carbocycles. The number of nitrogens with one attached hydrogen (secondary N) is 1. The SMILES string of the molecule is CC(C)(CCC(=O)O)CNC(=O)OCc1ccccc1. The van der Waals surface area contributed by atoms with Gasteiger partial charge in [-0.05, 0) is 17.4 Å². The summed E-state index contributed by atoms with van der Waals surface area (Å²) in [5.41, 5.74) is 0.650. The van der Waals surface area contributed by atoms with Gasteiger partial charge in [-0.1, -0.05) is 44.2 Å². The highest BCUT2D eigenvalue weighted by atomic mass is 16.5. The van der Waals surface area contributed by atoms with Crippen molar-refractivity contribution in [2.75, 3.05) is 6.54 Å². The molecule has 2 N–H and O–H groups in total. The van der Waals surface area contributed by atoms with E-state index >= 15 is 0 Å². The Morgan fingerprint density at radius 1 is 1.25 bits per heavy atom. The van der Waals surface area contributed by atoms with Crippen LogP contribution in [0, 0.1) is 5.41 Å². The van der Waals surface area contributed by atoms with Crippen LogP contribution in [0.2, 0.25) is 0 Å². The van der Waals surface area contributed by atoms with Crippen molar-refractivity contribution in [3.05, 3.63) is 35.9 Å². The third-order valence-corrected chi connectivity index (χ3v) is 2.94. The van der Waals surface area contributed by atoms with Crippen molar-refractivity contribution in [3.63, 3.8) is 0 Å². The zero-order chi connectivity index (χ0) is 15.0. The summed E-state index contributed by atoms with van der Waals surface area (Å²) in [5.74, 6) is -0.829. The first kappa shape index (κ1) is 16.0. The van der Waals surface area contributed by atoms with Gasteiger partial charge in [0.25, 0.3) is 0 Å². The van der Waals surface area contributed by atoms with E-state index in [1.54, 1.807) is 0 Å². The summed E-state index contributed by atoms with van der Waals surface area (Å²) in [7, 11) is 0. The number of ether oxygens (including phenoxy) is 1. The van der Waals surface area contributed by atoms with Gasteiger partial charge in [-0.15, -0.1) is 0 Å². The predicted octanol–water partition coefficient (Wildman–Crippen LogP) is 2.80. The van der Waals surface area contributed by atoms with Crippen LogP contribution in [0.15, 0.2) is 30.3 Å². The van der Waals surface area contributed by atoms with Gasteiger partial charge in [0.1, 0.15) is 6.61 Å². The quantitative estimate of drug-likeness (QED) is 0.804. The molecule has 0 aromatic heterocycles. The average Bonchev–Trinajstić information content (AvgIpc) is 2.42. The van der Waals surface area contributed by atoms with Gasteiger partial charge in [0.05, 0.1) is 0 Å².